The lowest BCUT2D eigenvalue weighted by Gasteiger charge is -2.12. The molecule has 0 bridgehead atoms. The third kappa shape index (κ3) is 7.22. The number of aldehydes is 1. The van der Waals surface area contributed by atoms with E-state index in [1.165, 1.54) is 0 Å². The van der Waals surface area contributed by atoms with Crippen molar-refractivity contribution in [3.05, 3.63) is 18.2 Å². The number of carbonyl (C=O) groups excluding carboxylic acids is 1. The van der Waals surface area contributed by atoms with E-state index >= 15 is 0 Å². The Morgan fingerprint density at radius 2 is 2.21 bits per heavy atom. The van der Waals surface area contributed by atoms with E-state index in [2.05, 4.69) is 10.3 Å². The number of aryl methyl sites for hydroxylation is 1. The summed E-state index contributed by atoms with van der Waals surface area (Å²) in [5.41, 5.74) is 0. The van der Waals surface area contributed by atoms with Gasteiger partial charge in [-0.2, -0.15) is 0 Å². The molecule has 0 amide bonds. The summed E-state index contributed by atoms with van der Waals surface area (Å²) in [7, 11) is 2.89. The van der Waals surface area contributed by atoms with Crippen molar-refractivity contribution in [2.45, 2.75) is 32.1 Å². The van der Waals surface area contributed by atoms with Gasteiger partial charge in [0.15, 0.2) is 0 Å². The van der Waals surface area contributed by atoms with Crippen LogP contribution in [0.1, 0.15) is 26.1 Å². The molecule has 19 heavy (non-hydrogen) atoms. The molecule has 5 nitrogen and oxygen atoms in total. The highest BCUT2D eigenvalue weighted by Gasteiger charge is 2.13. The molecule has 1 rings (SSSR count). The Bertz CT molecular complexity index is 393. The minimum absolute atomic E-state index is 0.0129. The van der Waals surface area contributed by atoms with E-state index in [4.69, 9.17) is 0 Å². The molecule has 0 radical (unpaired) electrons. The number of nitrogens with zero attached hydrogens (tertiary/aromatic N) is 2. The first-order valence-electron chi connectivity index (χ1n) is 6.37. The van der Waals surface area contributed by atoms with Crippen LogP contribution in [0.15, 0.2) is 12.4 Å². The predicted molar refractivity (Wildman–Crippen MR) is 79.3 cm³/mol. The zero-order valence-electron chi connectivity index (χ0n) is 12.4. The molecule has 0 aliphatic heterocycles. The number of aromatic nitrogens is 2. The lowest BCUT2D eigenvalue weighted by Crippen LogP contribution is -2.32. The maximum Gasteiger partial charge on any atom is 0.122 e. The van der Waals surface area contributed by atoms with Gasteiger partial charge in [0, 0.05) is 48.8 Å². The fourth-order valence-electron chi connectivity index (χ4n) is 1.24. The van der Waals surface area contributed by atoms with E-state index in [0.29, 0.717) is 6.42 Å². The van der Waals surface area contributed by atoms with Crippen molar-refractivity contribution >= 4 is 17.1 Å². The minimum atomic E-state index is -0.861. The Kier molecular flexibility index (Phi) is 9.34. The van der Waals surface area contributed by atoms with Crippen LogP contribution in [0.4, 0.5) is 0 Å². The molecule has 1 N–H and O–H groups in total. The topological polar surface area (TPSA) is 64.0 Å². The summed E-state index contributed by atoms with van der Waals surface area (Å²) in [5, 5.41) is 3.00. The Morgan fingerprint density at radius 3 is 2.47 bits per heavy atom. The van der Waals surface area contributed by atoms with Gasteiger partial charge in [-0.15, -0.1) is 0 Å². The van der Waals surface area contributed by atoms with Gasteiger partial charge in [0.1, 0.15) is 12.1 Å². The van der Waals surface area contributed by atoms with Gasteiger partial charge >= 0.3 is 0 Å². The van der Waals surface area contributed by atoms with Crippen molar-refractivity contribution < 1.29 is 9.00 Å². The lowest BCUT2D eigenvalue weighted by atomic mass is 10.2. The first-order valence-corrected chi connectivity index (χ1v) is 7.99. The monoisotopic (exact) mass is 287 g/mol. The molecule has 0 saturated carbocycles. The van der Waals surface area contributed by atoms with Crippen LogP contribution in [0.2, 0.25) is 0 Å². The van der Waals surface area contributed by atoms with Gasteiger partial charge < -0.3 is 14.7 Å². The Morgan fingerprint density at radius 1 is 1.58 bits per heavy atom. The van der Waals surface area contributed by atoms with Crippen LogP contribution in [0, 0.1) is 5.92 Å². The van der Waals surface area contributed by atoms with Crippen LogP contribution >= 0.6 is 0 Å². The van der Waals surface area contributed by atoms with Gasteiger partial charge in [-0.25, -0.2) is 4.98 Å². The summed E-state index contributed by atoms with van der Waals surface area (Å²) in [6.07, 6.45) is 7.97. The molecule has 0 fully saturated rings. The number of nitrogens with one attached hydrogen (secondary N) is 1. The zero-order chi connectivity index (χ0) is 14.8. The first-order chi connectivity index (χ1) is 8.96. The van der Waals surface area contributed by atoms with Gasteiger partial charge in [-0.3, -0.25) is 4.21 Å². The van der Waals surface area contributed by atoms with Crippen molar-refractivity contribution in [1.29, 1.82) is 0 Å². The summed E-state index contributed by atoms with van der Waals surface area (Å²) in [6, 6.07) is 0. The van der Waals surface area contributed by atoms with E-state index in [1.54, 1.807) is 12.5 Å². The first kappa shape index (κ1) is 18.0. The fraction of sp³-hybridized carbons (Fsp3) is 0.692. The largest absolute Gasteiger partial charge is 0.338 e. The van der Waals surface area contributed by atoms with Crippen LogP contribution in [-0.4, -0.2) is 38.7 Å². The van der Waals surface area contributed by atoms with Crippen LogP contribution in [-0.2, 0) is 29.1 Å². The number of imidazole rings is 1. The van der Waals surface area contributed by atoms with Gasteiger partial charge in [0.2, 0.25) is 0 Å². The second-order valence-electron chi connectivity index (χ2n) is 4.46. The minimum Gasteiger partial charge on any atom is -0.338 e. The molecule has 1 aromatic heterocycles. The van der Waals surface area contributed by atoms with Crippen molar-refractivity contribution in [2.75, 3.05) is 13.3 Å². The molecule has 0 spiro atoms. The summed E-state index contributed by atoms with van der Waals surface area (Å²) in [5.74, 6) is 1.21. The quantitative estimate of drug-likeness (QED) is 0.796. The SMILES string of the molecule is CCC(C)C=O.CNC(Cc1nccn1C)S(C)=O. The summed E-state index contributed by atoms with van der Waals surface area (Å²) in [6.45, 7) is 3.91. The highest BCUT2D eigenvalue weighted by atomic mass is 32.2. The van der Waals surface area contributed by atoms with Crippen molar-refractivity contribution in [1.82, 2.24) is 14.9 Å². The van der Waals surface area contributed by atoms with E-state index < -0.39 is 10.8 Å². The molecule has 0 aromatic carbocycles. The van der Waals surface area contributed by atoms with Crippen LogP contribution in [0.5, 0.6) is 0 Å². The Labute approximate surface area is 118 Å². The number of rotatable bonds is 6. The molecule has 3 atom stereocenters. The van der Waals surface area contributed by atoms with Crippen LogP contribution in [0.25, 0.3) is 0 Å². The molecule has 6 heteroatoms. The Hall–Kier alpha value is -1.01. The molecule has 0 aliphatic carbocycles. The molecular weight excluding hydrogens is 262 g/mol. The highest BCUT2D eigenvalue weighted by molar-refractivity contribution is 7.84. The lowest BCUT2D eigenvalue weighted by molar-refractivity contribution is -0.110. The predicted octanol–water partition coefficient (Wildman–Crippen LogP) is 1.12. The number of carbonyl (C=O) groups is 1. The normalized spacial score (nSPS) is 15.0. The third-order valence-corrected chi connectivity index (χ3v) is 4.09. The number of likely N-dealkylation sites (N-methyl/N-ethyl adjacent to an activating group) is 1. The third-order valence-electron chi connectivity index (χ3n) is 2.89. The standard InChI is InChI=1S/C8H15N3OS.C5H10O/c1-9-8(13(3)12)6-7-10-4-5-11(7)2;1-3-5(2)4-6/h4-5,8-9H,6H2,1-3H3;4-5H,3H2,1-2H3. The zero-order valence-corrected chi connectivity index (χ0v) is 13.2. The maximum atomic E-state index is 11.2. The van der Waals surface area contributed by atoms with Gasteiger partial charge in [0.05, 0.1) is 5.37 Å². The average Bonchev–Trinajstić information content (AvgIpc) is 2.80. The van der Waals surface area contributed by atoms with Crippen molar-refractivity contribution in [2.24, 2.45) is 13.0 Å². The van der Waals surface area contributed by atoms with E-state index in [1.807, 2.05) is 38.7 Å². The van der Waals surface area contributed by atoms with Crippen LogP contribution < -0.4 is 5.32 Å². The van der Waals surface area contributed by atoms with Crippen molar-refractivity contribution in [3.63, 3.8) is 0 Å². The second kappa shape index (κ2) is 9.86. The van der Waals surface area contributed by atoms with E-state index in [9.17, 15) is 9.00 Å². The van der Waals surface area contributed by atoms with Gasteiger partial charge in [-0.1, -0.05) is 13.8 Å². The number of hydrogen-bond acceptors (Lipinski definition) is 4. The van der Waals surface area contributed by atoms with E-state index in [0.717, 1.165) is 18.5 Å². The average molecular weight is 287 g/mol. The summed E-state index contributed by atoms with van der Waals surface area (Å²) >= 11 is 0. The molecule has 110 valence electrons. The second-order valence-corrected chi connectivity index (χ2v) is 6.02. The van der Waals surface area contributed by atoms with Gasteiger partial charge in [-0.05, 0) is 13.5 Å². The Balaban J connectivity index is 0.000000459. The van der Waals surface area contributed by atoms with Crippen molar-refractivity contribution in [3.8, 4) is 0 Å². The van der Waals surface area contributed by atoms with E-state index in [-0.39, 0.29) is 11.3 Å². The molecule has 0 aliphatic rings. The molecule has 3 unspecified atom stereocenters. The van der Waals surface area contributed by atoms with Crippen LogP contribution in [0.3, 0.4) is 0 Å². The molecule has 1 heterocycles. The number of hydrogen-bond donors (Lipinski definition) is 1. The van der Waals surface area contributed by atoms with Gasteiger partial charge in [0.25, 0.3) is 0 Å². The smallest absolute Gasteiger partial charge is 0.122 e. The molecule has 0 saturated heterocycles. The fourth-order valence-corrected chi connectivity index (χ4v) is 1.96. The molecule has 1 aromatic rings. The highest BCUT2D eigenvalue weighted by Crippen LogP contribution is 2.01. The maximum absolute atomic E-state index is 11.2. The summed E-state index contributed by atoms with van der Waals surface area (Å²) in [4.78, 5) is 13.9. The summed E-state index contributed by atoms with van der Waals surface area (Å²) < 4.78 is 13.2. The molecular formula is C13H25N3O2S.